The van der Waals surface area contributed by atoms with Crippen molar-refractivity contribution in [3.05, 3.63) is 71.8 Å². The number of unbranched alkanes of at least 4 members (excludes halogenated alkanes) is 2. The molecule has 0 saturated carbocycles. The minimum Gasteiger partial charge on any atom is -0.371 e. The van der Waals surface area contributed by atoms with Crippen molar-refractivity contribution in [3.63, 3.8) is 0 Å². The van der Waals surface area contributed by atoms with Crippen LogP contribution in [-0.2, 0) is 11.3 Å². The molecular weight excluding hydrogens is 354 g/mol. The predicted octanol–water partition coefficient (Wildman–Crippen LogP) is 6.06. The number of hydrogen-bond acceptors (Lipinski definition) is 2. The summed E-state index contributed by atoms with van der Waals surface area (Å²) in [5.74, 6) is 7.06. The monoisotopic (exact) mass is 389 g/mol. The van der Waals surface area contributed by atoms with Crippen LogP contribution in [0.2, 0.25) is 0 Å². The summed E-state index contributed by atoms with van der Waals surface area (Å²) in [4.78, 5) is 2.57. The molecule has 1 aliphatic rings. The number of hydrogen-bond donors (Lipinski definition) is 0. The van der Waals surface area contributed by atoms with E-state index in [0.29, 0.717) is 6.61 Å². The minimum atomic E-state index is 0.149. The molecule has 0 aliphatic carbocycles. The van der Waals surface area contributed by atoms with Gasteiger partial charge in [-0.25, -0.2) is 0 Å². The molecule has 2 heteroatoms. The second-order valence-electron chi connectivity index (χ2n) is 8.01. The first kappa shape index (κ1) is 21.6. The van der Waals surface area contributed by atoms with Gasteiger partial charge in [-0.15, -0.1) is 0 Å². The highest BCUT2D eigenvalue weighted by Crippen LogP contribution is 2.21. The van der Waals surface area contributed by atoms with Gasteiger partial charge in [0.15, 0.2) is 0 Å². The Morgan fingerprint density at radius 1 is 0.897 bits per heavy atom. The Labute approximate surface area is 177 Å². The summed E-state index contributed by atoms with van der Waals surface area (Å²) in [6, 6.07) is 21.0. The van der Waals surface area contributed by atoms with E-state index in [-0.39, 0.29) is 12.1 Å². The van der Waals surface area contributed by atoms with Gasteiger partial charge in [-0.2, -0.15) is 0 Å². The Hall–Kier alpha value is -2.08. The molecule has 2 atom stereocenters. The van der Waals surface area contributed by atoms with Crippen LogP contribution in [0.4, 0.5) is 0 Å². The normalized spacial score (nSPS) is 16.6. The van der Waals surface area contributed by atoms with Crippen LogP contribution in [-0.4, -0.2) is 30.1 Å². The van der Waals surface area contributed by atoms with Crippen LogP contribution in [0.5, 0.6) is 0 Å². The maximum absolute atomic E-state index is 6.53. The largest absolute Gasteiger partial charge is 0.371 e. The highest BCUT2D eigenvalue weighted by atomic mass is 16.5. The minimum absolute atomic E-state index is 0.149. The van der Waals surface area contributed by atoms with E-state index in [4.69, 9.17) is 4.74 Å². The summed E-state index contributed by atoms with van der Waals surface area (Å²) >= 11 is 0. The van der Waals surface area contributed by atoms with Gasteiger partial charge in [-0.1, -0.05) is 93.0 Å². The summed E-state index contributed by atoms with van der Waals surface area (Å²) < 4.78 is 6.53. The number of benzene rings is 2. The van der Waals surface area contributed by atoms with Crippen LogP contribution >= 0.6 is 0 Å². The highest BCUT2D eigenvalue weighted by molar-refractivity contribution is 5.35. The second kappa shape index (κ2) is 12.5. The van der Waals surface area contributed by atoms with Gasteiger partial charge in [0.25, 0.3) is 0 Å². The maximum atomic E-state index is 6.53. The number of likely N-dealkylation sites (tertiary alicyclic amines) is 1. The van der Waals surface area contributed by atoms with Crippen molar-refractivity contribution in [2.45, 2.75) is 70.6 Å². The Balaban J connectivity index is 1.78. The van der Waals surface area contributed by atoms with Gasteiger partial charge in [0, 0.05) is 5.56 Å². The van der Waals surface area contributed by atoms with E-state index in [1.54, 1.807) is 0 Å². The molecule has 1 fully saturated rings. The molecule has 0 radical (unpaired) electrons. The zero-order valence-electron chi connectivity index (χ0n) is 17.9. The topological polar surface area (TPSA) is 12.5 Å². The average Bonchev–Trinajstić information content (AvgIpc) is 2.79. The quantitative estimate of drug-likeness (QED) is 0.382. The van der Waals surface area contributed by atoms with E-state index < -0.39 is 0 Å². The Morgan fingerprint density at radius 3 is 2.28 bits per heavy atom. The van der Waals surface area contributed by atoms with E-state index in [1.807, 2.05) is 6.07 Å². The molecule has 0 spiro atoms. The fourth-order valence-corrected chi connectivity index (χ4v) is 4.00. The third-order valence-corrected chi connectivity index (χ3v) is 5.67. The number of rotatable bonds is 9. The number of nitrogens with zero attached hydrogens (tertiary/aromatic N) is 1. The lowest BCUT2D eigenvalue weighted by Gasteiger charge is -2.36. The first-order valence-electron chi connectivity index (χ1n) is 11.3. The van der Waals surface area contributed by atoms with E-state index in [9.17, 15) is 0 Å². The van der Waals surface area contributed by atoms with Gasteiger partial charge in [-0.3, -0.25) is 4.90 Å². The molecule has 0 N–H and O–H groups in total. The maximum Gasteiger partial charge on any atom is 0.0984 e. The van der Waals surface area contributed by atoms with Gasteiger partial charge in [0.05, 0.1) is 18.8 Å². The molecular formula is C27H35NO. The lowest BCUT2D eigenvalue weighted by atomic mass is 9.99. The fraction of sp³-hybridized carbons (Fsp3) is 0.481. The molecule has 2 unspecified atom stereocenters. The van der Waals surface area contributed by atoms with Crippen molar-refractivity contribution in [3.8, 4) is 11.8 Å². The zero-order chi connectivity index (χ0) is 20.2. The summed E-state index contributed by atoms with van der Waals surface area (Å²) in [5.41, 5.74) is 2.33. The van der Waals surface area contributed by atoms with Crippen LogP contribution < -0.4 is 0 Å². The molecule has 154 valence electrons. The van der Waals surface area contributed by atoms with Crippen LogP contribution in [0.1, 0.15) is 63.0 Å². The predicted molar refractivity (Wildman–Crippen MR) is 122 cm³/mol. The van der Waals surface area contributed by atoms with Crippen molar-refractivity contribution in [2.75, 3.05) is 13.1 Å². The van der Waals surface area contributed by atoms with Crippen molar-refractivity contribution >= 4 is 0 Å². The molecule has 1 aliphatic heterocycles. The van der Waals surface area contributed by atoms with Gasteiger partial charge >= 0.3 is 0 Å². The van der Waals surface area contributed by atoms with Crippen LogP contribution in [0.3, 0.4) is 0 Å². The summed E-state index contributed by atoms with van der Waals surface area (Å²) in [7, 11) is 0. The third-order valence-electron chi connectivity index (χ3n) is 5.67. The molecule has 1 saturated heterocycles. The van der Waals surface area contributed by atoms with E-state index in [0.717, 1.165) is 25.1 Å². The molecule has 0 bridgehead atoms. The van der Waals surface area contributed by atoms with Gasteiger partial charge in [-0.05, 0) is 50.0 Å². The summed E-state index contributed by atoms with van der Waals surface area (Å²) in [5, 5.41) is 0. The molecule has 0 aromatic heterocycles. The fourth-order valence-electron chi connectivity index (χ4n) is 4.00. The molecule has 2 nitrogen and oxygen atoms in total. The molecule has 29 heavy (non-hydrogen) atoms. The third kappa shape index (κ3) is 7.35. The Kier molecular flexibility index (Phi) is 9.30. The first-order chi connectivity index (χ1) is 14.4. The average molecular weight is 390 g/mol. The Morgan fingerprint density at radius 2 is 1.59 bits per heavy atom. The van der Waals surface area contributed by atoms with E-state index in [2.05, 4.69) is 78.3 Å². The van der Waals surface area contributed by atoms with Crippen molar-refractivity contribution in [1.29, 1.82) is 0 Å². The summed E-state index contributed by atoms with van der Waals surface area (Å²) in [6.07, 6.45) is 8.78. The highest BCUT2D eigenvalue weighted by Gasteiger charge is 2.27. The lowest BCUT2D eigenvalue weighted by molar-refractivity contribution is -0.0160. The lowest BCUT2D eigenvalue weighted by Crippen LogP contribution is -2.46. The van der Waals surface area contributed by atoms with Gasteiger partial charge in [0.2, 0.25) is 0 Å². The SMILES string of the molecule is CCCCCC(OCc1ccccc1)C(C#Cc1ccccc1)N1CCCCC1. The number of ether oxygens (including phenoxy) is 1. The second-order valence-corrected chi connectivity index (χ2v) is 8.01. The molecule has 2 aromatic carbocycles. The summed E-state index contributed by atoms with van der Waals surface area (Å²) in [6.45, 7) is 5.19. The zero-order valence-corrected chi connectivity index (χ0v) is 17.9. The van der Waals surface area contributed by atoms with Crippen LogP contribution in [0.25, 0.3) is 0 Å². The van der Waals surface area contributed by atoms with Crippen molar-refractivity contribution < 1.29 is 4.74 Å². The van der Waals surface area contributed by atoms with E-state index >= 15 is 0 Å². The molecule has 1 heterocycles. The van der Waals surface area contributed by atoms with Crippen molar-refractivity contribution in [1.82, 2.24) is 4.90 Å². The standard InChI is InChI=1S/C27H35NO/c1-2-3-7-18-27(29-23-25-16-10-5-11-17-25)26(28-21-12-6-13-22-28)20-19-24-14-8-4-9-15-24/h4-5,8-11,14-17,26-27H,2-3,6-7,12-13,18,21-23H2,1H3. The molecule has 3 rings (SSSR count). The van der Waals surface area contributed by atoms with Gasteiger partial charge in [0.1, 0.15) is 0 Å². The number of piperidine rings is 1. The van der Waals surface area contributed by atoms with E-state index in [1.165, 1.54) is 44.1 Å². The van der Waals surface area contributed by atoms with Crippen LogP contribution in [0.15, 0.2) is 60.7 Å². The smallest absolute Gasteiger partial charge is 0.0984 e. The Bertz CT molecular complexity index is 740. The van der Waals surface area contributed by atoms with Gasteiger partial charge < -0.3 is 4.74 Å². The molecule has 0 amide bonds. The van der Waals surface area contributed by atoms with Crippen molar-refractivity contribution in [2.24, 2.45) is 0 Å². The molecule has 2 aromatic rings. The first-order valence-corrected chi connectivity index (χ1v) is 11.3. The van der Waals surface area contributed by atoms with Crippen LogP contribution in [0, 0.1) is 11.8 Å².